The maximum absolute atomic E-state index is 11.7. The van der Waals surface area contributed by atoms with Gasteiger partial charge in [-0.15, -0.1) is 0 Å². The zero-order valence-electron chi connectivity index (χ0n) is 9.75. The first-order valence-corrected chi connectivity index (χ1v) is 5.40. The van der Waals surface area contributed by atoms with Gasteiger partial charge in [0.05, 0.1) is 6.54 Å². The molecule has 0 saturated carbocycles. The summed E-state index contributed by atoms with van der Waals surface area (Å²) < 4.78 is 0. The molecule has 0 aromatic carbocycles. The lowest BCUT2D eigenvalue weighted by Gasteiger charge is -2.29. The fourth-order valence-electron chi connectivity index (χ4n) is 1.40. The molecule has 1 saturated heterocycles. The van der Waals surface area contributed by atoms with Gasteiger partial charge < -0.3 is 15.3 Å². The van der Waals surface area contributed by atoms with Gasteiger partial charge in [-0.2, -0.15) is 0 Å². The standard InChI is InChI=1S/C10H19N3O3/c1-10(2,9(15)16)12-7-8(14)13-5-3-11-4-6-13/h11-12H,3-7H2,1-2H3,(H,15,16). The first kappa shape index (κ1) is 12.9. The number of aliphatic carboxylic acids is 1. The van der Waals surface area contributed by atoms with Crippen molar-refractivity contribution in [1.29, 1.82) is 0 Å². The summed E-state index contributed by atoms with van der Waals surface area (Å²) >= 11 is 0. The normalized spacial score (nSPS) is 17.2. The second kappa shape index (κ2) is 5.27. The van der Waals surface area contributed by atoms with Crippen molar-refractivity contribution in [1.82, 2.24) is 15.5 Å². The Balaban J connectivity index is 2.37. The topological polar surface area (TPSA) is 81.7 Å². The number of nitrogens with zero attached hydrogens (tertiary/aromatic N) is 1. The van der Waals surface area contributed by atoms with E-state index in [2.05, 4.69) is 10.6 Å². The van der Waals surface area contributed by atoms with Crippen molar-refractivity contribution in [2.45, 2.75) is 19.4 Å². The summed E-state index contributed by atoms with van der Waals surface area (Å²) in [6.07, 6.45) is 0. The van der Waals surface area contributed by atoms with Gasteiger partial charge in [0.15, 0.2) is 0 Å². The minimum Gasteiger partial charge on any atom is -0.480 e. The predicted molar refractivity (Wildman–Crippen MR) is 59.2 cm³/mol. The molecule has 16 heavy (non-hydrogen) atoms. The lowest BCUT2D eigenvalue weighted by atomic mass is 10.1. The van der Waals surface area contributed by atoms with E-state index >= 15 is 0 Å². The van der Waals surface area contributed by atoms with Gasteiger partial charge in [-0.05, 0) is 13.8 Å². The second-order valence-electron chi connectivity index (χ2n) is 4.41. The Morgan fingerprint density at radius 2 is 1.94 bits per heavy atom. The molecular weight excluding hydrogens is 210 g/mol. The molecule has 6 heteroatoms. The van der Waals surface area contributed by atoms with E-state index in [0.29, 0.717) is 13.1 Å². The van der Waals surface area contributed by atoms with Crippen LogP contribution in [-0.2, 0) is 9.59 Å². The molecule has 1 amide bonds. The molecule has 1 heterocycles. The molecule has 0 unspecified atom stereocenters. The van der Waals surface area contributed by atoms with E-state index < -0.39 is 11.5 Å². The Kier molecular flexibility index (Phi) is 4.26. The highest BCUT2D eigenvalue weighted by molar-refractivity contribution is 5.81. The monoisotopic (exact) mass is 229 g/mol. The minimum atomic E-state index is -1.07. The number of carbonyl (C=O) groups is 2. The van der Waals surface area contributed by atoms with Gasteiger partial charge >= 0.3 is 5.97 Å². The van der Waals surface area contributed by atoms with Crippen LogP contribution < -0.4 is 10.6 Å². The van der Waals surface area contributed by atoms with Gasteiger partial charge in [0.25, 0.3) is 0 Å². The number of hydrogen-bond acceptors (Lipinski definition) is 4. The van der Waals surface area contributed by atoms with Crippen LogP contribution in [0.25, 0.3) is 0 Å². The Morgan fingerprint density at radius 1 is 1.38 bits per heavy atom. The molecule has 0 aromatic heterocycles. The number of carbonyl (C=O) groups excluding carboxylic acids is 1. The predicted octanol–water partition coefficient (Wildman–Crippen LogP) is -1.13. The summed E-state index contributed by atoms with van der Waals surface area (Å²) in [6.45, 7) is 6.13. The van der Waals surface area contributed by atoms with Crippen LogP contribution in [0.15, 0.2) is 0 Å². The van der Waals surface area contributed by atoms with Crippen molar-refractivity contribution in [3.63, 3.8) is 0 Å². The van der Waals surface area contributed by atoms with Crippen molar-refractivity contribution in [3.05, 3.63) is 0 Å². The maximum atomic E-state index is 11.7. The first-order chi connectivity index (χ1) is 7.43. The van der Waals surface area contributed by atoms with Crippen LogP contribution in [0, 0.1) is 0 Å². The van der Waals surface area contributed by atoms with E-state index in [9.17, 15) is 9.59 Å². The Labute approximate surface area is 95.0 Å². The molecule has 0 bridgehead atoms. The smallest absolute Gasteiger partial charge is 0.323 e. The fourth-order valence-corrected chi connectivity index (χ4v) is 1.40. The zero-order valence-corrected chi connectivity index (χ0v) is 9.75. The highest BCUT2D eigenvalue weighted by Crippen LogP contribution is 2.01. The first-order valence-electron chi connectivity index (χ1n) is 5.40. The summed E-state index contributed by atoms with van der Waals surface area (Å²) in [5.74, 6) is -1.00. The van der Waals surface area contributed by atoms with Crippen LogP contribution in [0.1, 0.15) is 13.8 Å². The third kappa shape index (κ3) is 3.46. The summed E-state index contributed by atoms with van der Waals surface area (Å²) in [6, 6.07) is 0. The Hall–Kier alpha value is -1.14. The molecule has 1 aliphatic rings. The third-order valence-electron chi connectivity index (χ3n) is 2.69. The van der Waals surface area contributed by atoms with Crippen molar-refractivity contribution in [2.24, 2.45) is 0 Å². The van der Waals surface area contributed by atoms with E-state index in [4.69, 9.17) is 5.11 Å². The van der Waals surface area contributed by atoms with Gasteiger partial charge in [-0.1, -0.05) is 0 Å². The number of piperazine rings is 1. The van der Waals surface area contributed by atoms with E-state index in [-0.39, 0.29) is 12.5 Å². The van der Waals surface area contributed by atoms with Crippen molar-refractivity contribution >= 4 is 11.9 Å². The number of carboxylic acids is 1. The van der Waals surface area contributed by atoms with E-state index in [1.54, 1.807) is 18.7 Å². The molecule has 0 radical (unpaired) electrons. The average Bonchev–Trinajstić information content (AvgIpc) is 2.27. The zero-order chi connectivity index (χ0) is 12.2. The van der Waals surface area contributed by atoms with Crippen molar-refractivity contribution < 1.29 is 14.7 Å². The third-order valence-corrected chi connectivity index (χ3v) is 2.69. The maximum Gasteiger partial charge on any atom is 0.323 e. The molecule has 1 aliphatic heterocycles. The molecule has 0 aromatic rings. The Bertz CT molecular complexity index is 272. The van der Waals surface area contributed by atoms with Crippen LogP contribution in [-0.4, -0.2) is 60.1 Å². The van der Waals surface area contributed by atoms with Crippen LogP contribution in [0.2, 0.25) is 0 Å². The molecule has 1 fully saturated rings. The number of rotatable bonds is 4. The van der Waals surface area contributed by atoms with Crippen LogP contribution in [0.5, 0.6) is 0 Å². The lowest BCUT2D eigenvalue weighted by molar-refractivity contribution is -0.143. The molecule has 0 atom stereocenters. The van der Waals surface area contributed by atoms with E-state index in [1.165, 1.54) is 0 Å². The largest absolute Gasteiger partial charge is 0.480 e. The van der Waals surface area contributed by atoms with Crippen molar-refractivity contribution in [3.8, 4) is 0 Å². The molecule has 92 valence electrons. The SMILES string of the molecule is CC(C)(NCC(=O)N1CCNCC1)C(=O)O. The second-order valence-corrected chi connectivity index (χ2v) is 4.41. The Morgan fingerprint density at radius 3 is 2.44 bits per heavy atom. The average molecular weight is 229 g/mol. The van der Waals surface area contributed by atoms with Crippen molar-refractivity contribution in [2.75, 3.05) is 32.7 Å². The summed E-state index contributed by atoms with van der Waals surface area (Å²) in [7, 11) is 0. The number of nitrogens with one attached hydrogen (secondary N) is 2. The van der Waals surface area contributed by atoms with Crippen LogP contribution in [0.4, 0.5) is 0 Å². The minimum absolute atomic E-state index is 0.0455. The number of hydrogen-bond donors (Lipinski definition) is 3. The molecule has 6 nitrogen and oxygen atoms in total. The van der Waals surface area contributed by atoms with Gasteiger partial charge in [-0.25, -0.2) is 0 Å². The van der Waals surface area contributed by atoms with Crippen LogP contribution in [0.3, 0.4) is 0 Å². The van der Waals surface area contributed by atoms with E-state index in [0.717, 1.165) is 13.1 Å². The summed E-state index contributed by atoms with van der Waals surface area (Å²) in [4.78, 5) is 24.3. The molecule has 0 aliphatic carbocycles. The van der Waals surface area contributed by atoms with E-state index in [1.807, 2.05) is 0 Å². The molecule has 3 N–H and O–H groups in total. The molecule has 0 spiro atoms. The van der Waals surface area contributed by atoms with Gasteiger partial charge in [-0.3, -0.25) is 14.9 Å². The van der Waals surface area contributed by atoms with Gasteiger partial charge in [0.2, 0.25) is 5.91 Å². The summed E-state index contributed by atoms with van der Waals surface area (Å²) in [5.41, 5.74) is -1.07. The quantitative estimate of drug-likeness (QED) is 0.568. The molecule has 1 rings (SSSR count). The fraction of sp³-hybridized carbons (Fsp3) is 0.800. The highest BCUT2D eigenvalue weighted by Gasteiger charge is 2.28. The number of amides is 1. The summed E-state index contributed by atoms with van der Waals surface area (Å²) in [5, 5.41) is 14.8. The number of carboxylic acid groups (broad SMARTS) is 1. The van der Waals surface area contributed by atoms with Gasteiger partial charge in [0, 0.05) is 26.2 Å². The van der Waals surface area contributed by atoms with Gasteiger partial charge in [0.1, 0.15) is 5.54 Å². The van der Waals surface area contributed by atoms with Crippen LogP contribution >= 0.6 is 0 Å². The molecular formula is C10H19N3O3. The highest BCUT2D eigenvalue weighted by atomic mass is 16.4. The lowest BCUT2D eigenvalue weighted by Crippen LogP contribution is -2.53.